The van der Waals surface area contributed by atoms with Crippen molar-refractivity contribution in [1.29, 1.82) is 0 Å². The van der Waals surface area contributed by atoms with Gasteiger partial charge in [-0.1, -0.05) is 29.8 Å². The fourth-order valence-corrected chi connectivity index (χ4v) is 2.40. The molecule has 1 rings (SSSR count). The van der Waals surface area contributed by atoms with Crippen LogP contribution in [0.25, 0.3) is 0 Å². The van der Waals surface area contributed by atoms with E-state index in [-0.39, 0.29) is 11.2 Å². The van der Waals surface area contributed by atoms with Crippen LogP contribution in [-0.2, 0) is 11.2 Å². The quantitative estimate of drug-likeness (QED) is 0.732. The SMILES string of the molecule is CCC(C)(CNCCOC)Cc1cc(F)ccc1Br. The van der Waals surface area contributed by atoms with Gasteiger partial charge in [0.05, 0.1) is 6.61 Å². The van der Waals surface area contributed by atoms with Crippen LogP contribution in [0.5, 0.6) is 0 Å². The zero-order chi connectivity index (χ0) is 14.3. The highest BCUT2D eigenvalue weighted by Gasteiger charge is 2.23. The van der Waals surface area contributed by atoms with Gasteiger partial charge in [-0.25, -0.2) is 4.39 Å². The highest BCUT2D eigenvalue weighted by Crippen LogP contribution is 2.29. The number of halogens is 2. The van der Waals surface area contributed by atoms with Crippen LogP contribution < -0.4 is 5.32 Å². The van der Waals surface area contributed by atoms with Crippen molar-refractivity contribution in [1.82, 2.24) is 5.32 Å². The molecule has 1 aromatic carbocycles. The van der Waals surface area contributed by atoms with Crippen LogP contribution in [-0.4, -0.2) is 26.8 Å². The summed E-state index contributed by atoms with van der Waals surface area (Å²) in [7, 11) is 1.70. The number of benzene rings is 1. The summed E-state index contributed by atoms with van der Waals surface area (Å²) in [5, 5.41) is 3.40. The summed E-state index contributed by atoms with van der Waals surface area (Å²) in [6.45, 7) is 6.85. The van der Waals surface area contributed by atoms with E-state index in [2.05, 4.69) is 35.1 Å². The van der Waals surface area contributed by atoms with Gasteiger partial charge in [0, 0.05) is 24.7 Å². The summed E-state index contributed by atoms with van der Waals surface area (Å²) in [5.74, 6) is -0.177. The number of methoxy groups -OCH3 is 1. The zero-order valence-electron chi connectivity index (χ0n) is 11.9. The predicted molar refractivity (Wildman–Crippen MR) is 80.9 cm³/mol. The van der Waals surface area contributed by atoms with Gasteiger partial charge in [-0.05, 0) is 42.0 Å². The highest BCUT2D eigenvalue weighted by atomic mass is 79.9. The molecule has 0 bridgehead atoms. The molecular weight excluding hydrogens is 309 g/mol. The third kappa shape index (κ3) is 5.59. The lowest BCUT2D eigenvalue weighted by molar-refractivity contribution is 0.191. The fraction of sp³-hybridized carbons (Fsp3) is 0.600. The van der Waals surface area contributed by atoms with Gasteiger partial charge in [0.25, 0.3) is 0 Å². The standard InChI is InChI=1S/C15H23BrFNO/c1-4-15(2,11-18-7-8-19-3)10-12-9-13(17)5-6-14(12)16/h5-6,9,18H,4,7-8,10-11H2,1-3H3. The average Bonchev–Trinajstić information content (AvgIpc) is 2.39. The second kappa shape index (κ2) is 7.98. The lowest BCUT2D eigenvalue weighted by Gasteiger charge is -2.29. The second-order valence-electron chi connectivity index (χ2n) is 5.25. The minimum atomic E-state index is -0.177. The van der Waals surface area contributed by atoms with Gasteiger partial charge < -0.3 is 10.1 Å². The van der Waals surface area contributed by atoms with Crippen molar-refractivity contribution < 1.29 is 9.13 Å². The highest BCUT2D eigenvalue weighted by molar-refractivity contribution is 9.10. The molecule has 1 N–H and O–H groups in total. The summed E-state index contributed by atoms with van der Waals surface area (Å²) >= 11 is 3.50. The Hall–Kier alpha value is -0.450. The monoisotopic (exact) mass is 331 g/mol. The molecule has 0 spiro atoms. The molecule has 0 radical (unpaired) electrons. The molecule has 0 aliphatic carbocycles. The van der Waals surface area contributed by atoms with Crippen molar-refractivity contribution in [3.05, 3.63) is 34.1 Å². The second-order valence-corrected chi connectivity index (χ2v) is 6.10. The lowest BCUT2D eigenvalue weighted by atomic mass is 9.81. The van der Waals surface area contributed by atoms with Crippen LogP contribution in [0.1, 0.15) is 25.8 Å². The van der Waals surface area contributed by atoms with Crippen LogP contribution in [0.4, 0.5) is 4.39 Å². The minimum absolute atomic E-state index is 0.115. The van der Waals surface area contributed by atoms with Gasteiger partial charge in [0.1, 0.15) is 5.82 Å². The third-order valence-corrected chi connectivity index (χ3v) is 4.29. The van der Waals surface area contributed by atoms with Gasteiger partial charge in [0.2, 0.25) is 0 Å². The van der Waals surface area contributed by atoms with Crippen molar-refractivity contribution in [2.75, 3.05) is 26.8 Å². The van der Waals surface area contributed by atoms with Crippen molar-refractivity contribution in [2.24, 2.45) is 5.41 Å². The van der Waals surface area contributed by atoms with Gasteiger partial charge in [0.15, 0.2) is 0 Å². The van der Waals surface area contributed by atoms with Gasteiger partial charge >= 0.3 is 0 Å². The zero-order valence-corrected chi connectivity index (χ0v) is 13.5. The van der Waals surface area contributed by atoms with E-state index in [9.17, 15) is 4.39 Å². The van der Waals surface area contributed by atoms with Crippen LogP contribution in [0, 0.1) is 11.2 Å². The molecule has 1 unspecified atom stereocenters. The Morgan fingerprint density at radius 2 is 2.16 bits per heavy atom. The number of hydrogen-bond donors (Lipinski definition) is 1. The van der Waals surface area contributed by atoms with Crippen molar-refractivity contribution in [3.63, 3.8) is 0 Å². The van der Waals surface area contributed by atoms with Crippen molar-refractivity contribution >= 4 is 15.9 Å². The number of rotatable bonds is 8. The molecule has 0 saturated carbocycles. The summed E-state index contributed by atoms with van der Waals surface area (Å²) in [6.07, 6.45) is 1.89. The Bertz CT molecular complexity index is 400. The lowest BCUT2D eigenvalue weighted by Crippen LogP contribution is -2.35. The van der Waals surface area contributed by atoms with E-state index in [0.29, 0.717) is 6.61 Å². The van der Waals surface area contributed by atoms with Crippen LogP contribution >= 0.6 is 15.9 Å². The van der Waals surface area contributed by atoms with E-state index in [1.165, 1.54) is 6.07 Å². The summed E-state index contributed by atoms with van der Waals surface area (Å²) < 4.78 is 19.3. The van der Waals surface area contributed by atoms with Gasteiger partial charge in [-0.3, -0.25) is 0 Å². The molecule has 0 heterocycles. The molecule has 0 aromatic heterocycles. The maximum absolute atomic E-state index is 13.3. The maximum atomic E-state index is 13.3. The number of ether oxygens (including phenoxy) is 1. The molecular formula is C15H23BrFNO. The molecule has 1 atom stereocenters. The maximum Gasteiger partial charge on any atom is 0.123 e. The predicted octanol–water partition coefficient (Wildman–Crippen LogP) is 3.78. The van der Waals surface area contributed by atoms with E-state index in [1.807, 2.05) is 0 Å². The Kier molecular flexibility index (Phi) is 6.97. The van der Waals surface area contributed by atoms with E-state index < -0.39 is 0 Å². The molecule has 2 nitrogen and oxygen atoms in total. The Balaban J connectivity index is 2.66. The number of nitrogens with one attached hydrogen (secondary N) is 1. The molecule has 0 aliphatic rings. The summed E-state index contributed by atoms with van der Waals surface area (Å²) in [4.78, 5) is 0. The first-order valence-corrected chi connectivity index (χ1v) is 7.43. The molecule has 108 valence electrons. The first kappa shape index (κ1) is 16.6. The van der Waals surface area contributed by atoms with E-state index in [4.69, 9.17) is 4.74 Å². The van der Waals surface area contributed by atoms with Crippen LogP contribution in [0.2, 0.25) is 0 Å². The van der Waals surface area contributed by atoms with Crippen LogP contribution in [0.15, 0.2) is 22.7 Å². The largest absolute Gasteiger partial charge is 0.383 e. The fourth-order valence-electron chi connectivity index (χ4n) is 2.02. The summed E-state index contributed by atoms with van der Waals surface area (Å²) in [6, 6.07) is 4.87. The Morgan fingerprint density at radius 3 is 2.79 bits per heavy atom. The molecule has 4 heteroatoms. The molecule has 1 aromatic rings. The first-order valence-electron chi connectivity index (χ1n) is 6.64. The van der Waals surface area contributed by atoms with Gasteiger partial charge in [-0.2, -0.15) is 0 Å². The molecule has 0 fully saturated rings. The number of hydrogen-bond acceptors (Lipinski definition) is 2. The summed E-state index contributed by atoms with van der Waals surface area (Å²) in [5.41, 5.74) is 1.14. The molecule has 0 amide bonds. The van der Waals surface area contributed by atoms with E-state index >= 15 is 0 Å². The topological polar surface area (TPSA) is 21.3 Å². The van der Waals surface area contributed by atoms with Crippen LogP contribution in [0.3, 0.4) is 0 Å². The van der Waals surface area contributed by atoms with Crippen molar-refractivity contribution in [3.8, 4) is 0 Å². The Morgan fingerprint density at radius 1 is 1.42 bits per heavy atom. The first-order chi connectivity index (χ1) is 9.00. The minimum Gasteiger partial charge on any atom is -0.383 e. The third-order valence-electron chi connectivity index (χ3n) is 3.51. The molecule has 0 aliphatic heterocycles. The average molecular weight is 332 g/mol. The van der Waals surface area contributed by atoms with E-state index in [0.717, 1.165) is 36.0 Å². The molecule has 0 saturated heterocycles. The normalized spacial score (nSPS) is 14.4. The van der Waals surface area contributed by atoms with Gasteiger partial charge in [-0.15, -0.1) is 0 Å². The smallest absolute Gasteiger partial charge is 0.123 e. The Labute approximate surface area is 123 Å². The van der Waals surface area contributed by atoms with Crippen molar-refractivity contribution in [2.45, 2.75) is 26.7 Å². The molecule has 19 heavy (non-hydrogen) atoms. The van der Waals surface area contributed by atoms with E-state index in [1.54, 1.807) is 19.2 Å².